The zero-order chi connectivity index (χ0) is 24.9. The Morgan fingerprint density at radius 1 is 0.432 bits per heavy atom. The van der Waals surface area contributed by atoms with Crippen LogP contribution < -0.4 is 10.6 Å². The van der Waals surface area contributed by atoms with Gasteiger partial charge in [0.1, 0.15) is 0 Å². The average molecular weight is 493 g/mol. The van der Waals surface area contributed by atoms with Crippen molar-refractivity contribution in [3.05, 3.63) is 191 Å². The molecule has 0 nitrogen and oxygen atoms in total. The molecule has 6 rings (SSSR count). The third-order valence-electron chi connectivity index (χ3n) is 7.22. The molecule has 0 aliphatic heterocycles. The van der Waals surface area contributed by atoms with Crippen LogP contribution in [0.2, 0.25) is 0 Å². The van der Waals surface area contributed by atoms with Crippen molar-refractivity contribution < 1.29 is 0 Å². The lowest BCUT2D eigenvalue weighted by Crippen LogP contribution is -2.31. The smallest absolute Gasteiger partial charge is 0.0698 e. The van der Waals surface area contributed by atoms with Crippen LogP contribution in [0.25, 0.3) is 0 Å². The normalized spacial score (nSPS) is 13.3. The number of benzene rings is 5. The third-order valence-corrected chi connectivity index (χ3v) is 9.74. The first-order valence-electron chi connectivity index (χ1n) is 12.9. The van der Waals surface area contributed by atoms with Gasteiger partial charge in [0.05, 0.1) is 5.41 Å². The summed E-state index contributed by atoms with van der Waals surface area (Å²) in [5.41, 5.74) is 4.84. The maximum Gasteiger partial charge on any atom is 0.0698 e. The van der Waals surface area contributed by atoms with E-state index in [0.29, 0.717) is 0 Å². The minimum absolute atomic E-state index is 0.389. The van der Waals surface area contributed by atoms with Crippen LogP contribution in [0.4, 0.5) is 0 Å². The van der Waals surface area contributed by atoms with Crippen molar-refractivity contribution in [2.75, 3.05) is 0 Å². The van der Waals surface area contributed by atoms with E-state index in [0.717, 1.165) is 6.42 Å². The van der Waals surface area contributed by atoms with Crippen molar-refractivity contribution in [2.24, 2.45) is 0 Å². The molecule has 0 N–H and O–H groups in total. The van der Waals surface area contributed by atoms with Gasteiger partial charge in [-0.2, -0.15) is 0 Å². The Bertz CT molecular complexity index is 1370. The maximum atomic E-state index is 2.51. The first kappa shape index (κ1) is 23.4. The lowest BCUT2D eigenvalue weighted by Gasteiger charge is -2.37. The van der Waals surface area contributed by atoms with Crippen LogP contribution in [0, 0.1) is 0 Å². The van der Waals surface area contributed by atoms with Gasteiger partial charge in [-0.15, -0.1) is 0 Å². The first-order chi connectivity index (χ1) is 18.4. The van der Waals surface area contributed by atoms with Crippen LogP contribution in [-0.2, 0) is 5.41 Å². The van der Waals surface area contributed by atoms with Gasteiger partial charge in [-0.25, -0.2) is 0 Å². The van der Waals surface area contributed by atoms with Crippen LogP contribution in [0.1, 0.15) is 23.1 Å². The van der Waals surface area contributed by atoms with Crippen LogP contribution in [0.15, 0.2) is 175 Å². The first-order valence-corrected chi connectivity index (χ1v) is 14.2. The number of rotatable bonds is 7. The molecule has 0 bridgehead atoms. The topological polar surface area (TPSA) is 0 Å². The van der Waals surface area contributed by atoms with Crippen molar-refractivity contribution in [1.29, 1.82) is 0 Å². The minimum Gasteiger partial charge on any atom is -0.0752 e. The maximum absolute atomic E-state index is 2.51. The predicted molar refractivity (Wildman–Crippen MR) is 159 cm³/mol. The van der Waals surface area contributed by atoms with Gasteiger partial charge in [0, 0.05) is 0 Å². The van der Waals surface area contributed by atoms with E-state index in [-0.39, 0.29) is 5.41 Å². The van der Waals surface area contributed by atoms with E-state index in [1.807, 2.05) is 0 Å². The molecule has 1 heteroatoms. The second kappa shape index (κ2) is 10.6. The van der Waals surface area contributed by atoms with Crippen LogP contribution in [-0.4, -0.2) is 0 Å². The monoisotopic (exact) mass is 492 g/mol. The highest BCUT2D eigenvalue weighted by molar-refractivity contribution is 7.76. The molecule has 0 unspecified atom stereocenters. The Morgan fingerprint density at radius 2 is 0.784 bits per heavy atom. The van der Waals surface area contributed by atoms with Crippen molar-refractivity contribution in [3.8, 4) is 0 Å². The molecule has 1 aliphatic carbocycles. The summed E-state index contributed by atoms with van der Waals surface area (Å²) >= 11 is 0. The molecule has 0 atom stereocenters. The third kappa shape index (κ3) is 4.39. The van der Waals surface area contributed by atoms with E-state index in [2.05, 4.69) is 164 Å². The van der Waals surface area contributed by atoms with Crippen molar-refractivity contribution in [1.82, 2.24) is 0 Å². The van der Waals surface area contributed by atoms with Gasteiger partial charge in [-0.3, -0.25) is 0 Å². The lowest BCUT2D eigenvalue weighted by molar-refractivity contribution is 0.744. The molecule has 178 valence electrons. The second-order valence-electron chi connectivity index (χ2n) is 9.35. The van der Waals surface area contributed by atoms with Crippen LogP contribution >= 0.6 is 7.92 Å². The summed E-state index contributed by atoms with van der Waals surface area (Å²) in [6.45, 7) is 0. The Hall–Kier alpha value is -3.99. The van der Waals surface area contributed by atoms with Gasteiger partial charge in [-0.05, 0) is 52.5 Å². The zero-order valence-corrected chi connectivity index (χ0v) is 21.6. The zero-order valence-electron chi connectivity index (χ0n) is 20.7. The summed E-state index contributed by atoms with van der Waals surface area (Å²) in [5, 5.41) is 4.29. The summed E-state index contributed by atoms with van der Waals surface area (Å²) in [7, 11) is -0.623. The lowest BCUT2D eigenvalue weighted by atomic mass is 9.65. The molecule has 0 amide bonds. The molecule has 0 radical (unpaired) electrons. The number of hydrogen-bond donors (Lipinski definition) is 0. The molecule has 5 aromatic rings. The fourth-order valence-corrected chi connectivity index (χ4v) is 8.07. The Balaban J connectivity index is 1.57. The molecule has 0 aromatic heterocycles. The Morgan fingerprint density at radius 3 is 1.16 bits per heavy atom. The van der Waals surface area contributed by atoms with E-state index in [1.165, 1.54) is 38.2 Å². The molecular formula is C36H29P. The second-order valence-corrected chi connectivity index (χ2v) is 11.6. The molecule has 0 fully saturated rings. The molecule has 0 saturated heterocycles. The van der Waals surface area contributed by atoms with E-state index >= 15 is 0 Å². The van der Waals surface area contributed by atoms with Crippen LogP contribution in [0.5, 0.6) is 0 Å². The molecule has 5 aromatic carbocycles. The van der Waals surface area contributed by atoms with Gasteiger partial charge in [0.15, 0.2) is 0 Å². The van der Waals surface area contributed by atoms with Crippen LogP contribution in [0.3, 0.4) is 0 Å². The summed E-state index contributed by atoms with van der Waals surface area (Å²) < 4.78 is 0. The average Bonchev–Trinajstić information content (AvgIpc) is 3.46. The minimum atomic E-state index is -0.623. The van der Waals surface area contributed by atoms with E-state index in [1.54, 1.807) is 0 Å². The molecular weight excluding hydrogens is 463 g/mol. The van der Waals surface area contributed by atoms with Gasteiger partial charge in [0.2, 0.25) is 0 Å². The predicted octanol–water partition coefficient (Wildman–Crippen LogP) is 8.37. The highest BCUT2D eigenvalue weighted by Gasteiger charge is 2.40. The van der Waals surface area contributed by atoms with Crippen molar-refractivity contribution in [2.45, 2.75) is 11.8 Å². The molecule has 0 spiro atoms. The Kier molecular flexibility index (Phi) is 6.68. The summed E-state index contributed by atoms with van der Waals surface area (Å²) in [5.74, 6) is 0. The van der Waals surface area contributed by atoms with Crippen molar-refractivity contribution in [3.63, 3.8) is 0 Å². The molecule has 0 saturated carbocycles. The summed E-state index contributed by atoms with van der Waals surface area (Å²) in [4.78, 5) is 0. The summed E-state index contributed by atoms with van der Waals surface area (Å²) in [6, 6.07) is 55.0. The van der Waals surface area contributed by atoms with Gasteiger partial charge in [-0.1, -0.05) is 164 Å². The van der Waals surface area contributed by atoms with E-state index < -0.39 is 7.92 Å². The highest BCUT2D eigenvalue weighted by Crippen LogP contribution is 2.53. The fraction of sp³-hybridized carbons (Fsp3) is 0.0556. The quantitative estimate of drug-likeness (QED) is 0.158. The molecule has 37 heavy (non-hydrogen) atoms. The van der Waals surface area contributed by atoms with Gasteiger partial charge in [0.25, 0.3) is 0 Å². The highest BCUT2D eigenvalue weighted by atomic mass is 31.1. The van der Waals surface area contributed by atoms with Gasteiger partial charge >= 0.3 is 0 Å². The number of hydrogen-bond acceptors (Lipinski definition) is 0. The standard InChI is InChI=1S/C36H29P/c1-6-16-29(17-7-1)36(30-18-8-2-9-19-30,31-20-10-3-11-21-31)32-26-27-35(28-32)37(33-22-12-4-13-23-33)34-24-14-5-15-25-34/h1-26,28H,27H2. The fourth-order valence-electron chi connectivity index (χ4n) is 5.63. The van der Waals surface area contributed by atoms with Gasteiger partial charge < -0.3 is 0 Å². The van der Waals surface area contributed by atoms with E-state index in [9.17, 15) is 0 Å². The van der Waals surface area contributed by atoms with Crippen molar-refractivity contribution >= 4 is 18.5 Å². The molecule has 1 aliphatic rings. The molecule has 0 heterocycles. The largest absolute Gasteiger partial charge is 0.0752 e. The Labute approximate surface area is 221 Å². The number of allylic oxidation sites excluding steroid dienone is 4. The van der Waals surface area contributed by atoms with E-state index in [4.69, 9.17) is 0 Å². The summed E-state index contributed by atoms with van der Waals surface area (Å²) in [6.07, 6.45) is 5.95. The SMILES string of the molecule is C1=C(P(c2ccccc2)c2ccccc2)CC=C1C(c1ccccc1)(c1ccccc1)c1ccccc1.